The smallest absolute Gasteiger partial charge is 0.305 e. The molecule has 1 atom stereocenters. The van der Waals surface area contributed by atoms with Gasteiger partial charge in [-0.25, -0.2) is 0 Å². The molecule has 1 unspecified atom stereocenters. The van der Waals surface area contributed by atoms with Crippen LogP contribution in [-0.4, -0.2) is 34.5 Å². The van der Waals surface area contributed by atoms with Gasteiger partial charge in [0.15, 0.2) is 0 Å². The van der Waals surface area contributed by atoms with Crippen LogP contribution in [0.15, 0.2) is 12.1 Å². The Hall–Kier alpha value is -1.36. The topological polar surface area (TPSA) is 57.6 Å². The lowest BCUT2D eigenvalue weighted by atomic mass is 10.1. The van der Waals surface area contributed by atoms with E-state index in [2.05, 4.69) is 6.92 Å². The van der Waals surface area contributed by atoms with E-state index in [4.69, 9.17) is 5.11 Å². The molecule has 5 heteroatoms. The number of carbonyl (C=O) groups is 2. The van der Waals surface area contributed by atoms with Crippen LogP contribution >= 0.6 is 11.3 Å². The molecule has 1 aliphatic heterocycles. The maximum atomic E-state index is 12.3. The molecule has 1 saturated heterocycles. The Morgan fingerprint density at radius 3 is 2.89 bits per heavy atom. The second-order valence-corrected chi connectivity index (χ2v) is 5.68. The van der Waals surface area contributed by atoms with E-state index in [0.29, 0.717) is 6.54 Å². The second-order valence-electron chi connectivity index (χ2n) is 4.51. The van der Waals surface area contributed by atoms with Gasteiger partial charge >= 0.3 is 5.97 Å². The summed E-state index contributed by atoms with van der Waals surface area (Å²) in [7, 11) is 0. The zero-order valence-electron chi connectivity index (χ0n) is 10.4. The Morgan fingerprint density at radius 2 is 2.28 bits per heavy atom. The van der Waals surface area contributed by atoms with Gasteiger partial charge in [-0.05, 0) is 31.4 Å². The molecule has 2 rings (SSSR count). The fourth-order valence-corrected chi connectivity index (χ4v) is 3.24. The number of carbonyl (C=O) groups excluding carboxylic acids is 1. The summed E-state index contributed by atoms with van der Waals surface area (Å²) in [6, 6.07) is 3.68. The molecule has 2 heterocycles. The van der Waals surface area contributed by atoms with Gasteiger partial charge in [0.25, 0.3) is 5.91 Å². The third-order valence-corrected chi connectivity index (χ3v) is 4.49. The number of aliphatic carboxylic acids is 1. The minimum Gasteiger partial charge on any atom is -0.481 e. The number of thiophene rings is 1. The Kier molecular flexibility index (Phi) is 4.01. The van der Waals surface area contributed by atoms with Crippen LogP contribution in [0, 0.1) is 0 Å². The molecular formula is C13H17NO3S. The summed E-state index contributed by atoms with van der Waals surface area (Å²) in [5.74, 6) is -0.844. The first-order valence-electron chi connectivity index (χ1n) is 6.23. The number of rotatable bonds is 4. The summed E-state index contributed by atoms with van der Waals surface area (Å²) in [6.07, 6.45) is 2.67. The predicted octanol–water partition coefficient (Wildman–Crippen LogP) is 2.39. The molecular weight excluding hydrogens is 250 g/mol. The van der Waals surface area contributed by atoms with Crippen LogP contribution in [0.5, 0.6) is 0 Å². The van der Waals surface area contributed by atoms with Crippen molar-refractivity contribution in [2.75, 3.05) is 6.54 Å². The molecule has 0 bridgehead atoms. The molecule has 1 aromatic rings. The van der Waals surface area contributed by atoms with E-state index < -0.39 is 5.97 Å². The van der Waals surface area contributed by atoms with Crippen molar-refractivity contribution in [2.24, 2.45) is 0 Å². The Labute approximate surface area is 110 Å². The standard InChI is InChI=1S/C13H17NO3S/c1-2-10-5-6-11(18-10)13(17)14-7-3-4-9(14)8-12(15)16/h5-6,9H,2-4,7-8H2,1H3,(H,15,16). The Morgan fingerprint density at radius 1 is 1.50 bits per heavy atom. The van der Waals surface area contributed by atoms with Gasteiger partial charge in [-0.15, -0.1) is 11.3 Å². The number of carboxylic acids is 1. The normalized spacial score (nSPS) is 19.2. The van der Waals surface area contributed by atoms with Crippen LogP contribution in [0.2, 0.25) is 0 Å². The van der Waals surface area contributed by atoms with E-state index in [1.807, 2.05) is 12.1 Å². The van der Waals surface area contributed by atoms with Gasteiger partial charge < -0.3 is 10.0 Å². The number of nitrogens with zero attached hydrogens (tertiary/aromatic N) is 1. The van der Waals surface area contributed by atoms with Gasteiger partial charge in [0.2, 0.25) is 0 Å². The summed E-state index contributed by atoms with van der Waals surface area (Å²) >= 11 is 1.51. The largest absolute Gasteiger partial charge is 0.481 e. The fourth-order valence-electron chi connectivity index (χ4n) is 2.34. The van der Waals surface area contributed by atoms with Gasteiger partial charge in [0.1, 0.15) is 0 Å². The number of carboxylic acid groups (broad SMARTS) is 1. The van der Waals surface area contributed by atoms with E-state index in [0.717, 1.165) is 24.1 Å². The van der Waals surface area contributed by atoms with E-state index in [9.17, 15) is 9.59 Å². The van der Waals surface area contributed by atoms with Crippen LogP contribution in [0.4, 0.5) is 0 Å². The van der Waals surface area contributed by atoms with Gasteiger partial charge in [0, 0.05) is 17.5 Å². The summed E-state index contributed by atoms with van der Waals surface area (Å²) in [5.41, 5.74) is 0. The molecule has 0 aromatic carbocycles. The molecule has 4 nitrogen and oxygen atoms in total. The molecule has 0 radical (unpaired) electrons. The molecule has 1 aliphatic rings. The zero-order chi connectivity index (χ0) is 13.1. The van der Waals surface area contributed by atoms with Crippen LogP contribution in [-0.2, 0) is 11.2 Å². The third kappa shape index (κ3) is 2.72. The van der Waals surface area contributed by atoms with Crippen LogP contribution in [0.25, 0.3) is 0 Å². The minimum absolute atomic E-state index is 0.0107. The molecule has 0 aliphatic carbocycles. The molecule has 0 saturated carbocycles. The molecule has 98 valence electrons. The average molecular weight is 267 g/mol. The average Bonchev–Trinajstić information content (AvgIpc) is 2.95. The van der Waals surface area contributed by atoms with Gasteiger partial charge in [-0.2, -0.15) is 0 Å². The summed E-state index contributed by atoms with van der Waals surface area (Å²) in [5, 5.41) is 8.85. The van der Waals surface area contributed by atoms with Crippen LogP contribution in [0.1, 0.15) is 40.7 Å². The highest BCUT2D eigenvalue weighted by Crippen LogP contribution is 2.25. The Balaban J connectivity index is 2.09. The minimum atomic E-state index is -0.833. The fraction of sp³-hybridized carbons (Fsp3) is 0.538. The maximum absolute atomic E-state index is 12.3. The number of hydrogen-bond acceptors (Lipinski definition) is 3. The van der Waals surface area contributed by atoms with E-state index in [-0.39, 0.29) is 18.4 Å². The first-order chi connectivity index (χ1) is 8.61. The van der Waals surface area contributed by atoms with Crippen LogP contribution in [0.3, 0.4) is 0 Å². The number of hydrogen-bond donors (Lipinski definition) is 1. The van der Waals surface area contributed by atoms with E-state index >= 15 is 0 Å². The monoisotopic (exact) mass is 267 g/mol. The number of aryl methyl sites for hydroxylation is 1. The third-order valence-electron chi connectivity index (χ3n) is 3.27. The van der Waals surface area contributed by atoms with Crippen molar-refractivity contribution in [3.8, 4) is 0 Å². The van der Waals surface area contributed by atoms with Crippen molar-refractivity contribution in [1.82, 2.24) is 4.90 Å². The molecule has 1 fully saturated rings. The van der Waals surface area contributed by atoms with Gasteiger partial charge in [-0.3, -0.25) is 9.59 Å². The quantitative estimate of drug-likeness (QED) is 0.911. The molecule has 1 amide bonds. The highest BCUT2D eigenvalue weighted by Gasteiger charge is 2.31. The van der Waals surface area contributed by atoms with Gasteiger partial charge in [-0.1, -0.05) is 6.92 Å². The van der Waals surface area contributed by atoms with Crippen molar-refractivity contribution < 1.29 is 14.7 Å². The lowest BCUT2D eigenvalue weighted by Gasteiger charge is -2.22. The SMILES string of the molecule is CCc1ccc(C(=O)N2CCCC2CC(=O)O)s1. The van der Waals surface area contributed by atoms with Gasteiger partial charge in [0.05, 0.1) is 11.3 Å². The predicted molar refractivity (Wildman–Crippen MR) is 70.0 cm³/mol. The summed E-state index contributed by atoms with van der Waals surface area (Å²) in [4.78, 5) is 26.7. The molecule has 1 N–H and O–H groups in total. The molecule has 0 spiro atoms. The van der Waals surface area contributed by atoms with Crippen molar-refractivity contribution in [2.45, 2.75) is 38.6 Å². The maximum Gasteiger partial charge on any atom is 0.305 e. The van der Waals surface area contributed by atoms with Crippen molar-refractivity contribution in [3.05, 3.63) is 21.9 Å². The highest BCUT2D eigenvalue weighted by atomic mass is 32.1. The number of amides is 1. The summed E-state index contributed by atoms with van der Waals surface area (Å²) < 4.78 is 0. The van der Waals surface area contributed by atoms with Crippen molar-refractivity contribution in [1.29, 1.82) is 0 Å². The second kappa shape index (κ2) is 5.52. The molecule has 18 heavy (non-hydrogen) atoms. The Bertz CT molecular complexity index is 455. The highest BCUT2D eigenvalue weighted by molar-refractivity contribution is 7.14. The number of likely N-dealkylation sites (tertiary alicyclic amines) is 1. The zero-order valence-corrected chi connectivity index (χ0v) is 11.2. The lowest BCUT2D eigenvalue weighted by Crippen LogP contribution is -2.36. The van der Waals surface area contributed by atoms with Crippen LogP contribution < -0.4 is 0 Å². The lowest BCUT2D eigenvalue weighted by molar-refractivity contribution is -0.137. The van der Waals surface area contributed by atoms with Crippen molar-refractivity contribution in [3.63, 3.8) is 0 Å². The van der Waals surface area contributed by atoms with Crippen molar-refractivity contribution >= 4 is 23.2 Å². The first-order valence-corrected chi connectivity index (χ1v) is 7.05. The first kappa shape index (κ1) is 13.1. The van der Waals surface area contributed by atoms with E-state index in [1.165, 1.54) is 16.2 Å². The van der Waals surface area contributed by atoms with E-state index in [1.54, 1.807) is 4.90 Å². The molecule has 1 aromatic heterocycles. The summed E-state index contributed by atoms with van der Waals surface area (Å²) in [6.45, 7) is 2.74.